The van der Waals surface area contributed by atoms with Crippen LogP contribution in [0.25, 0.3) is 0 Å². The number of halogens is 3. The summed E-state index contributed by atoms with van der Waals surface area (Å²) < 4.78 is 32.4. The molecule has 33 heavy (non-hydrogen) atoms. The van der Waals surface area contributed by atoms with Gasteiger partial charge in [0, 0.05) is 31.4 Å². The summed E-state index contributed by atoms with van der Waals surface area (Å²) in [6.45, 7) is 2.18. The van der Waals surface area contributed by atoms with Gasteiger partial charge in [0.05, 0.1) is 17.7 Å². The number of rotatable bonds is 6. The second-order valence-electron chi connectivity index (χ2n) is 8.11. The van der Waals surface area contributed by atoms with Crippen LogP contribution >= 0.6 is 11.6 Å². The van der Waals surface area contributed by atoms with Crippen LogP contribution in [0, 0.1) is 11.6 Å². The first-order chi connectivity index (χ1) is 16.0. The van der Waals surface area contributed by atoms with Gasteiger partial charge in [-0.25, -0.2) is 8.78 Å². The maximum Gasteiger partial charge on any atom is 0.262 e. The smallest absolute Gasteiger partial charge is 0.262 e. The molecule has 4 nitrogen and oxygen atoms in total. The fourth-order valence-electron chi connectivity index (χ4n) is 4.28. The third-order valence-corrected chi connectivity index (χ3v) is 6.26. The van der Waals surface area contributed by atoms with Gasteiger partial charge in [-0.3, -0.25) is 9.69 Å². The van der Waals surface area contributed by atoms with E-state index >= 15 is 0 Å². The Hall–Kier alpha value is -2.96. The fraction of sp³-hybridized carbons (Fsp3) is 0.269. The van der Waals surface area contributed by atoms with Crippen molar-refractivity contribution in [1.29, 1.82) is 0 Å². The second kappa shape index (κ2) is 10.3. The molecule has 3 aromatic carbocycles. The molecule has 172 valence electrons. The van der Waals surface area contributed by atoms with E-state index in [-0.39, 0.29) is 22.8 Å². The van der Waals surface area contributed by atoms with Crippen molar-refractivity contribution in [3.05, 3.63) is 94.5 Å². The molecule has 1 saturated heterocycles. The molecule has 1 aliphatic heterocycles. The van der Waals surface area contributed by atoms with E-state index in [1.54, 1.807) is 47.4 Å². The van der Waals surface area contributed by atoms with Gasteiger partial charge in [0.2, 0.25) is 0 Å². The highest BCUT2D eigenvalue weighted by molar-refractivity contribution is 6.30. The average molecular weight is 471 g/mol. The zero-order chi connectivity index (χ0) is 23.4. The summed E-state index contributed by atoms with van der Waals surface area (Å²) in [6, 6.07) is 17.8. The topological polar surface area (TPSA) is 32.8 Å². The molecule has 0 radical (unpaired) electrons. The second-order valence-corrected chi connectivity index (χ2v) is 8.51. The number of anilines is 1. The molecular formula is C26H25ClF2N2O2. The van der Waals surface area contributed by atoms with Crippen LogP contribution < -0.4 is 9.64 Å². The lowest BCUT2D eigenvalue weighted by Crippen LogP contribution is -2.47. The van der Waals surface area contributed by atoms with E-state index in [4.69, 9.17) is 16.3 Å². The van der Waals surface area contributed by atoms with E-state index in [0.29, 0.717) is 23.5 Å². The van der Waals surface area contributed by atoms with Crippen LogP contribution in [0.3, 0.4) is 0 Å². The fourth-order valence-corrected chi connectivity index (χ4v) is 4.48. The van der Waals surface area contributed by atoms with Crippen molar-refractivity contribution in [2.45, 2.75) is 25.4 Å². The number of piperidine rings is 1. The Kier molecular flexibility index (Phi) is 7.26. The van der Waals surface area contributed by atoms with Crippen LogP contribution in [0.1, 0.15) is 28.8 Å². The van der Waals surface area contributed by atoms with Crippen molar-refractivity contribution in [2.75, 3.05) is 25.1 Å². The number of carbonyl (C=O) groups excluding carboxylic acids is 1. The molecule has 0 spiro atoms. The highest BCUT2D eigenvalue weighted by Gasteiger charge is 2.31. The average Bonchev–Trinajstić information content (AvgIpc) is 2.83. The van der Waals surface area contributed by atoms with Gasteiger partial charge in [0.1, 0.15) is 17.4 Å². The van der Waals surface area contributed by atoms with Crippen LogP contribution in [0.5, 0.6) is 5.75 Å². The van der Waals surface area contributed by atoms with Gasteiger partial charge in [-0.15, -0.1) is 0 Å². The number of carbonyl (C=O) groups is 1. The molecule has 1 fully saturated rings. The number of ether oxygens (including phenoxy) is 1. The van der Waals surface area contributed by atoms with Crippen molar-refractivity contribution in [1.82, 2.24) is 4.90 Å². The minimum Gasteiger partial charge on any atom is -0.496 e. The van der Waals surface area contributed by atoms with Crippen LogP contribution in [-0.2, 0) is 6.54 Å². The predicted molar refractivity (Wildman–Crippen MR) is 126 cm³/mol. The van der Waals surface area contributed by atoms with Gasteiger partial charge >= 0.3 is 0 Å². The third kappa shape index (κ3) is 5.34. The molecule has 0 aliphatic carbocycles. The van der Waals surface area contributed by atoms with Crippen LogP contribution in [0.15, 0.2) is 66.7 Å². The number of hydrogen-bond acceptors (Lipinski definition) is 3. The summed E-state index contributed by atoms with van der Waals surface area (Å²) >= 11 is 5.92. The van der Waals surface area contributed by atoms with Crippen molar-refractivity contribution in [2.24, 2.45) is 0 Å². The first-order valence-corrected chi connectivity index (χ1v) is 11.2. The molecule has 7 heteroatoms. The summed E-state index contributed by atoms with van der Waals surface area (Å²) in [5, 5.41) is 0.118. The van der Waals surface area contributed by atoms with E-state index in [0.717, 1.165) is 31.5 Å². The Labute approximate surface area is 197 Å². The first kappa shape index (κ1) is 23.2. The van der Waals surface area contributed by atoms with Crippen molar-refractivity contribution in [3.8, 4) is 5.75 Å². The lowest BCUT2D eigenvalue weighted by molar-refractivity contribution is 0.0955. The molecule has 1 aliphatic rings. The number of para-hydroxylation sites is 1. The van der Waals surface area contributed by atoms with Gasteiger partial charge in [-0.2, -0.15) is 0 Å². The summed E-state index contributed by atoms with van der Waals surface area (Å²) in [4.78, 5) is 17.7. The number of hydrogen-bond donors (Lipinski definition) is 0. The number of benzene rings is 3. The zero-order valence-corrected chi connectivity index (χ0v) is 19.1. The Morgan fingerprint density at radius 2 is 1.76 bits per heavy atom. The van der Waals surface area contributed by atoms with E-state index in [2.05, 4.69) is 4.90 Å². The predicted octanol–water partition coefficient (Wildman–Crippen LogP) is 5.94. The van der Waals surface area contributed by atoms with Gasteiger partial charge < -0.3 is 9.64 Å². The SMILES string of the molecule is COc1ccccc1C(=O)N(c1ccc(F)cc1)C1CCN(Cc2ccc(F)c(Cl)c2)CC1. The summed E-state index contributed by atoms with van der Waals surface area (Å²) in [7, 11) is 1.54. The maximum absolute atomic E-state index is 13.6. The molecule has 1 amide bonds. The summed E-state index contributed by atoms with van der Waals surface area (Å²) in [5.41, 5.74) is 2.06. The number of nitrogens with zero attached hydrogens (tertiary/aromatic N) is 2. The highest BCUT2D eigenvalue weighted by Crippen LogP contribution is 2.29. The minimum absolute atomic E-state index is 0.0547. The quantitative estimate of drug-likeness (QED) is 0.447. The Morgan fingerprint density at radius 3 is 2.42 bits per heavy atom. The molecule has 1 heterocycles. The van der Waals surface area contributed by atoms with Gasteiger partial charge in [-0.1, -0.05) is 29.8 Å². The summed E-state index contributed by atoms with van der Waals surface area (Å²) in [6.07, 6.45) is 1.49. The number of methoxy groups -OCH3 is 1. The Bertz CT molecular complexity index is 1120. The molecule has 0 N–H and O–H groups in total. The van der Waals surface area contributed by atoms with Crippen LogP contribution in [0.4, 0.5) is 14.5 Å². The van der Waals surface area contributed by atoms with E-state index in [1.807, 2.05) is 6.07 Å². The molecule has 0 aromatic heterocycles. The highest BCUT2D eigenvalue weighted by atomic mass is 35.5. The molecule has 0 atom stereocenters. The van der Waals surface area contributed by atoms with E-state index < -0.39 is 5.82 Å². The van der Waals surface area contributed by atoms with Gasteiger partial charge in [-0.05, 0) is 66.9 Å². The van der Waals surface area contributed by atoms with E-state index in [9.17, 15) is 13.6 Å². The van der Waals surface area contributed by atoms with Crippen molar-refractivity contribution < 1.29 is 18.3 Å². The monoisotopic (exact) mass is 470 g/mol. The molecule has 0 saturated carbocycles. The van der Waals surface area contributed by atoms with E-state index in [1.165, 1.54) is 25.3 Å². The van der Waals surface area contributed by atoms with Crippen molar-refractivity contribution in [3.63, 3.8) is 0 Å². The van der Waals surface area contributed by atoms with Gasteiger partial charge in [0.25, 0.3) is 5.91 Å². The molecule has 0 unspecified atom stereocenters. The zero-order valence-electron chi connectivity index (χ0n) is 18.3. The minimum atomic E-state index is -0.427. The van der Waals surface area contributed by atoms with Crippen molar-refractivity contribution >= 4 is 23.2 Å². The normalized spacial score (nSPS) is 14.8. The molecule has 0 bridgehead atoms. The number of amides is 1. The Balaban J connectivity index is 1.53. The third-order valence-electron chi connectivity index (χ3n) is 5.97. The molecule has 4 rings (SSSR count). The van der Waals surface area contributed by atoms with Gasteiger partial charge in [0.15, 0.2) is 0 Å². The lowest BCUT2D eigenvalue weighted by Gasteiger charge is -2.39. The lowest BCUT2D eigenvalue weighted by atomic mass is 10.00. The van der Waals surface area contributed by atoms with Crippen LogP contribution in [0.2, 0.25) is 5.02 Å². The summed E-state index contributed by atoms with van der Waals surface area (Å²) in [5.74, 6) is -0.455. The first-order valence-electron chi connectivity index (χ1n) is 10.8. The largest absolute Gasteiger partial charge is 0.496 e. The number of likely N-dealkylation sites (tertiary alicyclic amines) is 1. The Morgan fingerprint density at radius 1 is 1.06 bits per heavy atom. The maximum atomic E-state index is 13.6. The molecule has 3 aromatic rings. The molecular weight excluding hydrogens is 446 g/mol. The standard InChI is InChI=1S/C26H25ClF2N2O2/c1-33-25-5-3-2-4-22(25)26(32)31(20-9-7-19(28)8-10-20)21-12-14-30(15-13-21)17-18-6-11-24(29)23(27)16-18/h2-11,16,21H,12-15,17H2,1H3. The van der Waals surface area contributed by atoms with Crippen LogP contribution in [-0.4, -0.2) is 37.0 Å².